The molecule has 1 atom stereocenters. The van der Waals surface area contributed by atoms with Crippen LogP contribution in [0.15, 0.2) is 28.8 Å². The maximum Gasteiger partial charge on any atom is 0.258 e. The first kappa shape index (κ1) is 16.5. The van der Waals surface area contributed by atoms with Crippen LogP contribution in [0.3, 0.4) is 0 Å². The summed E-state index contributed by atoms with van der Waals surface area (Å²) in [6.07, 6.45) is 0.973. The lowest BCUT2D eigenvalue weighted by Gasteiger charge is -2.30. The van der Waals surface area contributed by atoms with Gasteiger partial charge >= 0.3 is 0 Å². The van der Waals surface area contributed by atoms with Crippen LogP contribution in [0, 0.1) is 0 Å². The summed E-state index contributed by atoms with van der Waals surface area (Å²) in [5.41, 5.74) is 0.762. The number of morpholine rings is 1. The molecular weight excluding hydrogens is 346 g/mol. The molecule has 2 heterocycles. The van der Waals surface area contributed by atoms with E-state index in [4.69, 9.17) is 14.0 Å². The van der Waals surface area contributed by atoms with Crippen LogP contribution >= 0.6 is 0 Å². The summed E-state index contributed by atoms with van der Waals surface area (Å²) >= 11 is 0. The second-order valence-corrected chi connectivity index (χ2v) is 8.36. The van der Waals surface area contributed by atoms with Gasteiger partial charge in [0.15, 0.2) is 0 Å². The lowest BCUT2D eigenvalue weighted by Crippen LogP contribution is -2.43. The van der Waals surface area contributed by atoms with Gasteiger partial charge in [-0.3, -0.25) is 0 Å². The summed E-state index contributed by atoms with van der Waals surface area (Å²) in [5.74, 6) is 1.46. The number of aromatic nitrogens is 2. The molecule has 25 heavy (non-hydrogen) atoms. The van der Waals surface area contributed by atoms with Crippen molar-refractivity contribution in [1.29, 1.82) is 0 Å². The molecule has 0 unspecified atom stereocenters. The number of hydrogen-bond acceptors (Lipinski definition) is 7. The first-order valence-electron chi connectivity index (χ1n) is 8.16. The van der Waals surface area contributed by atoms with E-state index in [-0.39, 0.29) is 11.8 Å². The van der Waals surface area contributed by atoms with Crippen LogP contribution in [0.25, 0.3) is 11.5 Å². The van der Waals surface area contributed by atoms with Gasteiger partial charge in [0.1, 0.15) is 11.9 Å². The van der Waals surface area contributed by atoms with E-state index >= 15 is 0 Å². The Kier molecular flexibility index (Phi) is 4.22. The second kappa shape index (κ2) is 6.40. The molecule has 1 saturated carbocycles. The first-order valence-corrected chi connectivity index (χ1v) is 9.67. The van der Waals surface area contributed by atoms with Crippen LogP contribution in [0.4, 0.5) is 0 Å². The molecule has 134 valence electrons. The van der Waals surface area contributed by atoms with Crippen molar-refractivity contribution in [2.75, 3.05) is 26.8 Å². The van der Waals surface area contributed by atoms with Crippen LogP contribution in [0.2, 0.25) is 0 Å². The fraction of sp³-hybridized carbons (Fsp3) is 0.500. The molecule has 0 amide bonds. The van der Waals surface area contributed by atoms with Crippen molar-refractivity contribution in [3.05, 3.63) is 30.1 Å². The number of sulfonamides is 1. The Labute approximate surface area is 145 Å². The van der Waals surface area contributed by atoms with Gasteiger partial charge in [-0.2, -0.15) is 9.29 Å². The number of nitrogens with zero attached hydrogens (tertiary/aromatic N) is 3. The van der Waals surface area contributed by atoms with E-state index in [9.17, 15) is 8.42 Å². The third-order valence-electron chi connectivity index (χ3n) is 4.40. The SMILES string of the molecule is COc1ccc(-c2nc([C@H]3CN(S(=O)(=O)C4CC4)CCO3)no2)cc1. The zero-order valence-electron chi connectivity index (χ0n) is 13.8. The lowest BCUT2D eigenvalue weighted by molar-refractivity contribution is -0.00863. The predicted octanol–water partition coefficient (Wildman–Crippen LogP) is 1.61. The van der Waals surface area contributed by atoms with Gasteiger partial charge in [-0.05, 0) is 37.1 Å². The largest absolute Gasteiger partial charge is 0.497 e. The average molecular weight is 365 g/mol. The molecule has 2 aromatic rings. The fourth-order valence-corrected chi connectivity index (χ4v) is 4.63. The van der Waals surface area contributed by atoms with Gasteiger partial charge < -0.3 is 14.0 Å². The maximum atomic E-state index is 12.4. The molecule has 8 nitrogen and oxygen atoms in total. The summed E-state index contributed by atoms with van der Waals surface area (Å²) < 4.78 is 42.4. The van der Waals surface area contributed by atoms with Crippen LogP contribution in [-0.2, 0) is 14.8 Å². The molecule has 0 spiro atoms. The summed E-state index contributed by atoms with van der Waals surface area (Å²) in [6, 6.07) is 7.25. The van der Waals surface area contributed by atoms with Gasteiger partial charge in [-0.1, -0.05) is 5.16 Å². The quantitative estimate of drug-likeness (QED) is 0.794. The Morgan fingerprint density at radius 2 is 2.00 bits per heavy atom. The highest BCUT2D eigenvalue weighted by atomic mass is 32.2. The summed E-state index contributed by atoms with van der Waals surface area (Å²) in [7, 11) is -1.63. The highest BCUT2D eigenvalue weighted by Crippen LogP contribution is 2.33. The molecule has 0 bridgehead atoms. The minimum atomic E-state index is -3.23. The Morgan fingerprint density at radius 3 is 2.68 bits per heavy atom. The molecule has 4 rings (SSSR count). The third kappa shape index (κ3) is 3.26. The minimum absolute atomic E-state index is 0.223. The van der Waals surface area contributed by atoms with Crippen LogP contribution in [0.1, 0.15) is 24.8 Å². The molecular formula is C16H19N3O5S. The van der Waals surface area contributed by atoms with Gasteiger partial charge in [-0.25, -0.2) is 8.42 Å². The summed E-state index contributed by atoms with van der Waals surface area (Å²) in [5, 5.41) is 3.74. The van der Waals surface area contributed by atoms with E-state index in [1.807, 2.05) is 12.1 Å². The fourth-order valence-electron chi connectivity index (χ4n) is 2.81. The molecule has 1 aromatic carbocycles. The highest BCUT2D eigenvalue weighted by Gasteiger charge is 2.42. The molecule has 0 radical (unpaired) electrons. The van der Waals surface area contributed by atoms with E-state index in [0.29, 0.717) is 24.9 Å². The molecule has 9 heteroatoms. The second-order valence-electron chi connectivity index (χ2n) is 6.15. The maximum absolute atomic E-state index is 12.4. The van der Waals surface area contributed by atoms with Crippen LogP contribution in [-0.4, -0.2) is 54.9 Å². The molecule has 2 fully saturated rings. The van der Waals surface area contributed by atoms with Gasteiger partial charge in [0.2, 0.25) is 15.8 Å². The number of methoxy groups -OCH3 is 1. The van der Waals surface area contributed by atoms with Crippen LogP contribution in [0.5, 0.6) is 5.75 Å². The molecule has 2 aliphatic rings. The van der Waals surface area contributed by atoms with Crippen molar-refractivity contribution in [3.63, 3.8) is 0 Å². The topological polar surface area (TPSA) is 94.8 Å². The van der Waals surface area contributed by atoms with Crippen molar-refractivity contribution in [3.8, 4) is 17.2 Å². The molecule has 1 aromatic heterocycles. The lowest BCUT2D eigenvalue weighted by atomic mass is 10.2. The van der Waals surface area contributed by atoms with Crippen LogP contribution < -0.4 is 4.74 Å². The van der Waals surface area contributed by atoms with Gasteiger partial charge in [0.25, 0.3) is 5.89 Å². The standard InChI is InChI=1S/C16H19N3O5S/c1-22-12-4-2-11(3-5-12)16-17-15(18-24-16)14-10-19(8-9-23-14)25(20,21)13-6-7-13/h2-5,13-14H,6-10H2,1H3/t14-/m1/s1. The normalized spacial score (nSPS) is 22.0. The van der Waals surface area contributed by atoms with Crippen molar-refractivity contribution in [2.24, 2.45) is 0 Å². The average Bonchev–Trinajstić information content (AvgIpc) is 3.40. The van der Waals surface area contributed by atoms with Crippen molar-refractivity contribution >= 4 is 10.0 Å². The zero-order valence-corrected chi connectivity index (χ0v) is 14.6. The third-order valence-corrected chi connectivity index (χ3v) is 6.77. The van der Waals surface area contributed by atoms with E-state index in [1.54, 1.807) is 19.2 Å². The number of rotatable bonds is 5. The Balaban J connectivity index is 1.51. The Morgan fingerprint density at radius 1 is 1.24 bits per heavy atom. The summed E-state index contributed by atoms with van der Waals surface area (Å²) in [4.78, 5) is 4.37. The number of benzene rings is 1. The Bertz CT molecular complexity index is 845. The van der Waals surface area contributed by atoms with Gasteiger partial charge in [0.05, 0.1) is 19.0 Å². The van der Waals surface area contributed by atoms with E-state index in [1.165, 1.54) is 4.31 Å². The summed E-state index contributed by atoms with van der Waals surface area (Å²) in [6.45, 7) is 0.919. The van der Waals surface area contributed by atoms with Crippen molar-refractivity contribution < 1.29 is 22.4 Å². The first-order chi connectivity index (χ1) is 12.1. The molecule has 1 aliphatic carbocycles. The Hall–Kier alpha value is -1.97. The minimum Gasteiger partial charge on any atom is -0.497 e. The van der Waals surface area contributed by atoms with E-state index in [2.05, 4.69) is 10.1 Å². The van der Waals surface area contributed by atoms with Crippen molar-refractivity contribution in [1.82, 2.24) is 14.4 Å². The predicted molar refractivity (Wildman–Crippen MR) is 88.5 cm³/mol. The van der Waals surface area contributed by atoms with E-state index < -0.39 is 16.1 Å². The highest BCUT2D eigenvalue weighted by molar-refractivity contribution is 7.90. The molecule has 1 aliphatic heterocycles. The smallest absolute Gasteiger partial charge is 0.258 e. The van der Waals surface area contributed by atoms with Gasteiger partial charge in [0, 0.05) is 18.7 Å². The zero-order chi connectivity index (χ0) is 17.4. The van der Waals surface area contributed by atoms with Crippen molar-refractivity contribution in [2.45, 2.75) is 24.2 Å². The number of ether oxygens (including phenoxy) is 2. The molecule has 0 N–H and O–H groups in total. The number of hydrogen-bond donors (Lipinski definition) is 0. The molecule has 1 saturated heterocycles. The van der Waals surface area contributed by atoms with E-state index in [0.717, 1.165) is 24.2 Å². The van der Waals surface area contributed by atoms with Gasteiger partial charge in [-0.15, -0.1) is 0 Å². The monoisotopic (exact) mass is 365 g/mol.